The maximum Gasteiger partial charge on any atom is 0.344 e. The topological polar surface area (TPSA) is 147 Å². The molecular formula is C19H21N5O5S. The van der Waals surface area contributed by atoms with Gasteiger partial charge in [-0.2, -0.15) is 8.42 Å². The first-order valence-electron chi connectivity index (χ1n) is 9.44. The Kier molecular flexibility index (Phi) is 5.20. The van der Waals surface area contributed by atoms with Crippen molar-refractivity contribution in [3.8, 4) is 11.6 Å². The van der Waals surface area contributed by atoms with Crippen LogP contribution in [0, 0.1) is 0 Å². The molecule has 0 radical (unpaired) electrons. The largest absolute Gasteiger partial charge is 0.492 e. The van der Waals surface area contributed by atoms with Crippen LogP contribution in [0.25, 0.3) is 0 Å². The van der Waals surface area contributed by atoms with E-state index in [0.29, 0.717) is 41.1 Å². The van der Waals surface area contributed by atoms with E-state index in [4.69, 9.17) is 10.5 Å². The van der Waals surface area contributed by atoms with Crippen LogP contribution in [0.1, 0.15) is 35.2 Å². The molecule has 1 atom stereocenters. The molecule has 2 aliphatic rings. The van der Waals surface area contributed by atoms with Crippen molar-refractivity contribution in [2.24, 2.45) is 10.1 Å². The molecule has 3 heterocycles. The van der Waals surface area contributed by atoms with Crippen molar-refractivity contribution in [3.05, 3.63) is 41.6 Å². The molecule has 0 spiro atoms. The molecule has 30 heavy (non-hydrogen) atoms. The van der Waals surface area contributed by atoms with Crippen LogP contribution in [0.2, 0.25) is 0 Å². The highest BCUT2D eigenvalue weighted by Crippen LogP contribution is 2.35. The second-order valence-electron chi connectivity index (χ2n) is 7.08. The zero-order valence-corrected chi connectivity index (χ0v) is 16.8. The lowest BCUT2D eigenvalue weighted by Crippen LogP contribution is -2.44. The third-order valence-corrected chi connectivity index (χ3v) is 6.06. The molecule has 0 amide bonds. The van der Waals surface area contributed by atoms with Crippen molar-refractivity contribution in [1.82, 2.24) is 4.98 Å². The first kappa shape index (κ1) is 20.0. The molecule has 1 aromatic heterocycles. The van der Waals surface area contributed by atoms with E-state index in [-0.39, 0.29) is 24.4 Å². The Labute approximate surface area is 173 Å². The number of fused-ring (bicyclic) bond motifs is 1. The average Bonchev–Trinajstić information content (AvgIpc) is 2.71. The second kappa shape index (κ2) is 7.82. The maximum atomic E-state index is 11.7. The minimum atomic E-state index is -3.87. The van der Waals surface area contributed by atoms with E-state index >= 15 is 0 Å². The number of amidine groups is 1. The van der Waals surface area contributed by atoms with Crippen molar-refractivity contribution in [3.63, 3.8) is 0 Å². The van der Waals surface area contributed by atoms with Crippen molar-refractivity contribution in [2.75, 3.05) is 22.8 Å². The molecule has 2 aliphatic heterocycles. The first-order valence-corrected chi connectivity index (χ1v) is 10.9. The number of aromatic hydroxyl groups is 1. The van der Waals surface area contributed by atoms with Gasteiger partial charge in [0.25, 0.3) is 0 Å². The highest BCUT2D eigenvalue weighted by molar-refractivity contribution is 7.91. The van der Waals surface area contributed by atoms with Crippen molar-refractivity contribution >= 4 is 33.7 Å². The smallest absolute Gasteiger partial charge is 0.344 e. The van der Waals surface area contributed by atoms with E-state index in [1.165, 1.54) is 6.20 Å². The standard InChI is InChI=1S/C19H21N5O5S/c20-18-16-14(22-30(27,28)23-18)5-3-6-15(16)29-11-13-4-1-2-9-24(13)17-12(10-25)7-8-21-19(17)26/h3,5-8,10,13,22H,1-2,4,9,11H2,(H2,20,23)(H,21,26)/t13-/m1/s1. The molecule has 0 unspecified atom stereocenters. The lowest BCUT2D eigenvalue weighted by molar-refractivity contribution is 0.112. The second-order valence-corrected chi connectivity index (χ2v) is 8.41. The number of anilines is 2. The zero-order valence-electron chi connectivity index (χ0n) is 16.0. The summed E-state index contributed by atoms with van der Waals surface area (Å²) in [6.45, 7) is 0.882. The lowest BCUT2D eigenvalue weighted by atomic mass is 10.0. The van der Waals surface area contributed by atoms with E-state index in [2.05, 4.69) is 14.1 Å². The SMILES string of the molecule is NC1=NS(=O)(=O)Nc2cccc(OC[C@H]3CCCCN3c3c(C=O)ccnc3O)c21. The number of pyridine rings is 1. The number of hydrogen-bond donors (Lipinski definition) is 3. The van der Waals surface area contributed by atoms with Crippen molar-refractivity contribution in [1.29, 1.82) is 0 Å². The summed E-state index contributed by atoms with van der Waals surface area (Å²) in [5.74, 6) is 0.0510. The van der Waals surface area contributed by atoms with Crippen LogP contribution in [0.4, 0.5) is 11.4 Å². The molecule has 4 N–H and O–H groups in total. The van der Waals surface area contributed by atoms with E-state index in [1.54, 1.807) is 24.3 Å². The van der Waals surface area contributed by atoms with Gasteiger partial charge in [-0.05, 0) is 37.5 Å². The Morgan fingerprint density at radius 3 is 2.97 bits per heavy atom. The predicted molar refractivity (Wildman–Crippen MR) is 111 cm³/mol. The normalized spacial score (nSPS) is 19.9. The summed E-state index contributed by atoms with van der Waals surface area (Å²) in [6, 6.07) is 6.36. The van der Waals surface area contributed by atoms with Gasteiger partial charge in [-0.1, -0.05) is 6.07 Å². The molecule has 2 aromatic rings. The summed E-state index contributed by atoms with van der Waals surface area (Å²) in [4.78, 5) is 17.3. The third kappa shape index (κ3) is 3.75. The number of benzene rings is 1. The minimum Gasteiger partial charge on any atom is -0.492 e. The van der Waals surface area contributed by atoms with Crippen LogP contribution in [0.15, 0.2) is 34.9 Å². The molecule has 1 fully saturated rings. The van der Waals surface area contributed by atoms with Crippen LogP contribution < -0.4 is 20.1 Å². The fourth-order valence-electron chi connectivity index (χ4n) is 3.84. The molecule has 158 valence electrons. The number of aromatic nitrogens is 1. The summed E-state index contributed by atoms with van der Waals surface area (Å²) < 4.78 is 35.3. The molecule has 11 heteroatoms. The minimum absolute atomic E-state index is 0.123. The fraction of sp³-hybridized carbons (Fsp3) is 0.316. The van der Waals surface area contributed by atoms with Crippen LogP contribution in [-0.2, 0) is 10.2 Å². The first-order chi connectivity index (χ1) is 14.4. The van der Waals surface area contributed by atoms with Crippen LogP contribution >= 0.6 is 0 Å². The van der Waals surface area contributed by atoms with E-state index in [9.17, 15) is 18.3 Å². The van der Waals surface area contributed by atoms with Gasteiger partial charge in [-0.25, -0.2) is 4.98 Å². The number of carbonyl (C=O) groups is 1. The summed E-state index contributed by atoms with van der Waals surface area (Å²) in [7, 11) is -3.87. The summed E-state index contributed by atoms with van der Waals surface area (Å²) >= 11 is 0. The van der Waals surface area contributed by atoms with Gasteiger partial charge in [0.1, 0.15) is 18.0 Å². The number of nitrogens with one attached hydrogen (secondary N) is 1. The lowest BCUT2D eigenvalue weighted by Gasteiger charge is -2.38. The quantitative estimate of drug-likeness (QED) is 0.602. The van der Waals surface area contributed by atoms with E-state index in [1.807, 2.05) is 4.90 Å². The number of ether oxygens (including phenoxy) is 1. The Balaban J connectivity index is 1.61. The molecule has 0 saturated carbocycles. The Hall–Kier alpha value is -3.34. The van der Waals surface area contributed by atoms with Crippen molar-refractivity contribution < 1.29 is 23.1 Å². The molecule has 1 saturated heterocycles. The number of hydrogen-bond acceptors (Lipinski definition) is 8. The van der Waals surface area contributed by atoms with Gasteiger partial charge in [0.2, 0.25) is 5.88 Å². The zero-order chi connectivity index (χ0) is 21.3. The van der Waals surface area contributed by atoms with E-state index in [0.717, 1.165) is 19.3 Å². The van der Waals surface area contributed by atoms with Crippen LogP contribution in [0.5, 0.6) is 11.6 Å². The highest BCUT2D eigenvalue weighted by atomic mass is 32.2. The van der Waals surface area contributed by atoms with Gasteiger partial charge in [0.15, 0.2) is 12.1 Å². The molecule has 4 rings (SSSR count). The number of nitrogens with zero attached hydrogens (tertiary/aromatic N) is 3. The average molecular weight is 431 g/mol. The van der Waals surface area contributed by atoms with Gasteiger partial charge >= 0.3 is 10.2 Å². The number of aldehydes is 1. The third-order valence-electron chi connectivity index (χ3n) is 5.15. The Morgan fingerprint density at radius 1 is 1.33 bits per heavy atom. The molecule has 0 bridgehead atoms. The van der Waals surface area contributed by atoms with E-state index < -0.39 is 10.2 Å². The van der Waals surface area contributed by atoms with Gasteiger partial charge in [0, 0.05) is 18.3 Å². The summed E-state index contributed by atoms with van der Waals surface area (Å²) in [5, 5.41) is 10.3. The molecular weight excluding hydrogens is 410 g/mol. The van der Waals surface area contributed by atoms with Crippen molar-refractivity contribution in [2.45, 2.75) is 25.3 Å². The van der Waals surface area contributed by atoms with Crippen LogP contribution in [0.3, 0.4) is 0 Å². The fourth-order valence-corrected chi connectivity index (χ4v) is 4.68. The Morgan fingerprint density at radius 2 is 2.17 bits per heavy atom. The number of nitrogens with two attached hydrogens (primary N) is 1. The van der Waals surface area contributed by atoms with Gasteiger partial charge < -0.3 is 20.5 Å². The van der Waals surface area contributed by atoms with Gasteiger partial charge in [-0.3, -0.25) is 9.52 Å². The monoisotopic (exact) mass is 431 g/mol. The number of carbonyl (C=O) groups excluding carboxylic acids is 1. The Bertz CT molecular complexity index is 1120. The highest BCUT2D eigenvalue weighted by Gasteiger charge is 2.29. The molecule has 1 aromatic carbocycles. The molecule has 10 nitrogen and oxygen atoms in total. The van der Waals surface area contributed by atoms with Gasteiger partial charge in [0.05, 0.1) is 17.3 Å². The summed E-state index contributed by atoms with van der Waals surface area (Å²) in [5.41, 5.74) is 7.30. The predicted octanol–water partition coefficient (Wildman–Crippen LogP) is 1.41. The number of rotatable bonds is 5. The summed E-state index contributed by atoms with van der Waals surface area (Å²) in [6.07, 6.45) is 4.75. The van der Waals surface area contributed by atoms with Gasteiger partial charge in [-0.15, -0.1) is 4.40 Å². The number of piperidine rings is 1. The van der Waals surface area contributed by atoms with Crippen LogP contribution in [-0.4, -0.2) is 49.8 Å². The maximum absolute atomic E-state index is 11.7. The molecule has 0 aliphatic carbocycles.